The molecule has 1 N–H and O–H groups in total. The normalized spacial score (nSPS) is 24.4. The number of hydrogen-bond acceptors (Lipinski definition) is 2. The maximum Gasteiger partial charge on any atom is 0.193 e. The van der Waals surface area contributed by atoms with E-state index in [1.807, 2.05) is 12.1 Å². The van der Waals surface area contributed by atoms with Crippen molar-refractivity contribution in [1.82, 2.24) is 10.2 Å². The van der Waals surface area contributed by atoms with Crippen LogP contribution in [0.4, 0.5) is 4.39 Å². The highest BCUT2D eigenvalue weighted by molar-refractivity contribution is 14.0. The van der Waals surface area contributed by atoms with E-state index in [1.165, 1.54) is 18.6 Å². The first kappa shape index (κ1) is 20.4. The summed E-state index contributed by atoms with van der Waals surface area (Å²) in [6.45, 7) is 9.65. The Kier molecular flexibility index (Phi) is 7.49. The number of rotatable bonds is 4. The standard InChI is InChI=1S/C19H28FN3O.HI/c1-3-21-18(23-10-8-19(13-23)9-11-24-14-19)22-12-15(2)16-4-6-17(20)7-5-16;/h4-7,15H,3,8-14H2,1-2H3,(H,21,22);1H. The number of likely N-dealkylation sites (tertiary alicyclic amines) is 1. The number of halogens is 2. The van der Waals surface area contributed by atoms with Crippen molar-refractivity contribution in [3.63, 3.8) is 0 Å². The Bertz CT molecular complexity index is 573. The summed E-state index contributed by atoms with van der Waals surface area (Å²) >= 11 is 0. The Hall–Kier alpha value is -0.890. The molecule has 6 heteroatoms. The quantitative estimate of drug-likeness (QED) is 0.423. The molecule has 2 fully saturated rings. The van der Waals surface area contributed by atoms with Crippen LogP contribution in [0.1, 0.15) is 38.2 Å². The van der Waals surface area contributed by atoms with Gasteiger partial charge < -0.3 is 15.0 Å². The van der Waals surface area contributed by atoms with Crippen molar-refractivity contribution in [2.24, 2.45) is 10.4 Å². The molecular formula is C19H29FIN3O. The first-order chi connectivity index (χ1) is 11.6. The fourth-order valence-corrected chi connectivity index (χ4v) is 3.63. The van der Waals surface area contributed by atoms with Crippen LogP contribution < -0.4 is 5.32 Å². The third-order valence-corrected chi connectivity index (χ3v) is 5.21. The highest BCUT2D eigenvalue weighted by Crippen LogP contribution is 2.38. The van der Waals surface area contributed by atoms with Crippen molar-refractivity contribution >= 4 is 29.9 Å². The lowest BCUT2D eigenvalue weighted by Gasteiger charge is -2.25. The van der Waals surface area contributed by atoms with Crippen molar-refractivity contribution < 1.29 is 9.13 Å². The van der Waals surface area contributed by atoms with Gasteiger partial charge in [-0.3, -0.25) is 4.99 Å². The van der Waals surface area contributed by atoms with Crippen LogP contribution in [0.15, 0.2) is 29.3 Å². The van der Waals surface area contributed by atoms with E-state index >= 15 is 0 Å². The molecular weight excluding hydrogens is 432 g/mol. The zero-order valence-corrected chi connectivity index (χ0v) is 17.5. The summed E-state index contributed by atoms with van der Waals surface area (Å²) < 4.78 is 18.7. The number of benzene rings is 1. The van der Waals surface area contributed by atoms with Crippen LogP contribution in [0.25, 0.3) is 0 Å². The molecule has 25 heavy (non-hydrogen) atoms. The summed E-state index contributed by atoms with van der Waals surface area (Å²) in [6.07, 6.45) is 2.35. The molecule has 2 unspecified atom stereocenters. The van der Waals surface area contributed by atoms with Crippen LogP contribution in [-0.4, -0.2) is 50.3 Å². The minimum atomic E-state index is -0.191. The van der Waals surface area contributed by atoms with E-state index in [-0.39, 0.29) is 35.7 Å². The SMILES string of the molecule is CCNC(=NCC(C)c1ccc(F)cc1)N1CCC2(CCOC2)C1.I. The molecule has 0 amide bonds. The lowest BCUT2D eigenvalue weighted by molar-refractivity contribution is 0.156. The predicted molar refractivity (Wildman–Crippen MR) is 110 cm³/mol. The van der Waals surface area contributed by atoms with E-state index in [2.05, 4.69) is 24.1 Å². The third-order valence-electron chi connectivity index (χ3n) is 5.21. The minimum absolute atomic E-state index is 0. The van der Waals surface area contributed by atoms with Crippen LogP contribution in [0, 0.1) is 11.2 Å². The largest absolute Gasteiger partial charge is 0.381 e. The van der Waals surface area contributed by atoms with Gasteiger partial charge in [-0.25, -0.2) is 4.39 Å². The topological polar surface area (TPSA) is 36.9 Å². The Balaban J connectivity index is 0.00000225. The fraction of sp³-hybridized carbons (Fsp3) is 0.632. The van der Waals surface area contributed by atoms with E-state index in [4.69, 9.17) is 9.73 Å². The Morgan fingerprint density at radius 1 is 1.36 bits per heavy atom. The molecule has 0 radical (unpaired) electrons. The number of guanidine groups is 1. The van der Waals surface area contributed by atoms with Crippen molar-refractivity contribution in [2.75, 3.05) is 39.4 Å². The highest BCUT2D eigenvalue weighted by atomic mass is 127. The van der Waals surface area contributed by atoms with Gasteiger partial charge in [-0.2, -0.15) is 0 Å². The van der Waals surface area contributed by atoms with Gasteiger partial charge in [-0.1, -0.05) is 19.1 Å². The van der Waals surface area contributed by atoms with Crippen molar-refractivity contribution in [3.8, 4) is 0 Å². The molecule has 0 aromatic heterocycles. The molecule has 0 aliphatic carbocycles. The van der Waals surface area contributed by atoms with Crippen molar-refractivity contribution in [3.05, 3.63) is 35.6 Å². The summed E-state index contributed by atoms with van der Waals surface area (Å²) in [4.78, 5) is 7.22. The molecule has 2 saturated heterocycles. The molecule has 4 nitrogen and oxygen atoms in total. The molecule has 140 valence electrons. The summed E-state index contributed by atoms with van der Waals surface area (Å²) in [5, 5.41) is 3.42. The molecule has 1 aromatic carbocycles. The Morgan fingerprint density at radius 3 is 2.76 bits per heavy atom. The Morgan fingerprint density at radius 2 is 2.12 bits per heavy atom. The maximum atomic E-state index is 13.1. The van der Waals surface area contributed by atoms with E-state index in [9.17, 15) is 4.39 Å². The molecule has 1 aromatic rings. The zero-order chi connectivity index (χ0) is 17.0. The third kappa shape index (κ3) is 5.06. The summed E-state index contributed by atoms with van der Waals surface area (Å²) in [6, 6.07) is 6.74. The van der Waals surface area contributed by atoms with E-state index in [0.29, 0.717) is 12.0 Å². The molecule has 1 spiro atoms. The lowest BCUT2D eigenvalue weighted by atomic mass is 9.87. The highest BCUT2D eigenvalue weighted by Gasteiger charge is 2.42. The lowest BCUT2D eigenvalue weighted by Crippen LogP contribution is -2.41. The second kappa shape index (κ2) is 9.16. The van der Waals surface area contributed by atoms with Gasteiger partial charge in [0.1, 0.15) is 5.82 Å². The van der Waals surface area contributed by atoms with Gasteiger partial charge in [0.05, 0.1) is 6.61 Å². The van der Waals surface area contributed by atoms with Gasteiger partial charge >= 0.3 is 0 Å². The molecule has 0 bridgehead atoms. The summed E-state index contributed by atoms with van der Waals surface area (Å²) in [5.41, 5.74) is 1.46. The Labute approximate surface area is 167 Å². The smallest absolute Gasteiger partial charge is 0.193 e. The second-order valence-corrected chi connectivity index (χ2v) is 7.12. The number of aliphatic imine (C=N–C) groups is 1. The number of hydrogen-bond donors (Lipinski definition) is 1. The predicted octanol–water partition coefficient (Wildman–Crippen LogP) is 3.63. The van der Waals surface area contributed by atoms with Crippen LogP contribution in [-0.2, 0) is 4.74 Å². The minimum Gasteiger partial charge on any atom is -0.381 e. The van der Waals surface area contributed by atoms with Gasteiger partial charge in [-0.05, 0) is 37.5 Å². The average Bonchev–Trinajstić information content (AvgIpc) is 3.22. The molecule has 2 aliphatic heterocycles. The first-order valence-corrected chi connectivity index (χ1v) is 8.98. The van der Waals surface area contributed by atoms with Gasteiger partial charge in [0.25, 0.3) is 0 Å². The molecule has 2 atom stereocenters. The molecule has 2 heterocycles. The van der Waals surface area contributed by atoms with E-state index in [1.54, 1.807) is 0 Å². The van der Waals surface area contributed by atoms with Crippen LogP contribution in [0.5, 0.6) is 0 Å². The van der Waals surface area contributed by atoms with E-state index in [0.717, 1.165) is 50.8 Å². The average molecular weight is 461 g/mol. The van der Waals surface area contributed by atoms with Crippen molar-refractivity contribution in [1.29, 1.82) is 0 Å². The second-order valence-electron chi connectivity index (χ2n) is 7.12. The maximum absolute atomic E-state index is 13.1. The number of nitrogens with zero attached hydrogens (tertiary/aromatic N) is 2. The van der Waals surface area contributed by atoms with Gasteiger partial charge in [0.2, 0.25) is 0 Å². The molecule has 0 saturated carbocycles. The van der Waals surface area contributed by atoms with Crippen molar-refractivity contribution in [2.45, 2.75) is 32.6 Å². The van der Waals surface area contributed by atoms with Crippen LogP contribution >= 0.6 is 24.0 Å². The number of ether oxygens (including phenoxy) is 1. The monoisotopic (exact) mass is 461 g/mol. The summed E-state index contributed by atoms with van der Waals surface area (Å²) in [7, 11) is 0. The fourth-order valence-electron chi connectivity index (χ4n) is 3.63. The zero-order valence-electron chi connectivity index (χ0n) is 15.1. The van der Waals surface area contributed by atoms with Gasteiger partial charge in [0, 0.05) is 44.1 Å². The number of nitrogens with one attached hydrogen (secondary N) is 1. The molecule has 3 rings (SSSR count). The van der Waals surface area contributed by atoms with Crippen LogP contribution in [0.3, 0.4) is 0 Å². The molecule has 2 aliphatic rings. The summed E-state index contributed by atoms with van der Waals surface area (Å²) in [5.74, 6) is 1.07. The van der Waals surface area contributed by atoms with Gasteiger partial charge in [-0.15, -0.1) is 24.0 Å². The van der Waals surface area contributed by atoms with E-state index < -0.39 is 0 Å². The first-order valence-electron chi connectivity index (χ1n) is 8.98. The van der Waals surface area contributed by atoms with Crippen LogP contribution in [0.2, 0.25) is 0 Å². The van der Waals surface area contributed by atoms with Gasteiger partial charge in [0.15, 0.2) is 5.96 Å².